The van der Waals surface area contributed by atoms with Crippen molar-refractivity contribution in [2.75, 3.05) is 6.54 Å². The van der Waals surface area contributed by atoms with Crippen molar-refractivity contribution in [2.24, 2.45) is 0 Å². The van der Waals surface area contributed by atoms with Gasteiger partial charge in [0.15, 0.2) is 0 Å². The molecule has 0 aromatic heterocycles. The molecule has 0 saturated carbocycles. The molecule has 2 nitrogen and oxygen atoms in total. The van der Waals surface area contributed by atoms with Crippen LogP contribution in [-0.2, 0) is 11.2 Å². The fraction of sp³-hybridized carbons (Fsp3) is 0.211. The van der Waals surface area contributed by atoms with E-state index in [4.69, 9.17) is 0 Å². The number of benzene rings is 2. The Morgan fingerprint density at radius 2 is 1.71 bits per heavy atom. The maximum absolute atomic E-state index is 11.7. The number of hydrogen-bond acceptors (Lipinski definition) is 1. The Bertz CT molecular complexity index is 657. The molecular weight excluding hydrogens is 258 g/mol. The number of rotatable bonds is 3. The van der Waals surface area contributed by atoms with Gasteiger partial charge in [0.1, 0.15) is 0 Å². The van der Waals surface area contributed by atoms with Crippen LogP contribution in [0, 0.1) is 25.7 Å². The van der Waals surface area contributed by atoms with Crippen molar-refractivity contribution < 1.29 is 4.79 Å². The largest absolute Gasteiger partial charge is 0.345 e. The van der Waals surface area contributed by atoms with Crippen LogP contribution in [0.1, 0.15) is 22.3 Å². The molecule has 0 aliphatic heterocycles. The van der Waals surface area contributed by atoms with Crippen molar-refractivity contribution in [2.45, 2.75) is 20.3 Å². The summed E-state index contributed by atoms with van der Waals surface area (Å²) in [5, 5.41) is 2.82. The standard InChI is InChI=1S/C19H19NO/c1-15-12-16(2)14-18(13-15)8-9-19(21)20-11-10-17-6-4-3-5-7-17/h3-7,12-14H,10-11H2,1-2H3,(H,20,21). The molecule has 0 spiro atoms. The summed E-state index contributed by atoms with van der Waals surface area (Å²) in [7, 11) is 0. The number of carbonyl (C=O) groups excluding carboxylic acids is 1. The van der Waals surface area contributed by atoms with Gasteiger partial charge in [0.2, 0.25) is 0 Å². The quantitative estimate of drug-likeness (QED) is 0.859. The second kappa shape index (κ2) is 7.31. The van der Waals surface area contributed by atoms with E-state index >= 15 is 0 Å². The molecular formula is C19H19NO. The van der Waals surface area contributed by atoms with E-state index < -0.39 is 0 Å². The third-order valence-electron chi connectivity index (χ3n) is 3.08. The predicted molar refractivity (Wildman–Crippen MR) is 85.9 cm³/mol. The molecule has 1 amide bonds. The maximum Gasteiger partial charge on any atom is 0.296 e. The van der Waals surface area contributed by atoms with Gasteiger partial charge in [-0.15, -0.1) is 0 Å². The summed E-state index contributed by atoms with van der Waals surface area (Å²) in [4.78, 5) is 11.7. The first kappa shape index (κ1) is 14.9. The minimum atomic E-state index is -0.231. The first-order chi connectivity index (χ1) is 10.1. The highest BCUT2D eigenvalue weighted by atomic mass is 16.1. The lowest BCUT2D eigenvalue weighted by Gasteiger charge is -2.01. The van der Waals surface area contributed by atoms with Gasteiger partial charge in [-0.3, -0.25) is 4.79 Å². The molecule has 0 unspecified atom stereocenters. The van der Waals surface area contributed by atoms with E-state index in [1.54, 1.807) is 0 Å². The first-order valence-electron chi connectivity index (χ1n) is 7.05. The molecule has 2 rings (SSSR count). The third-order valence-corrected chi connectivity index (χ3v) is 3.08. The van der Waals surface area contributed by atoms with Gasteiger partial charge in [-0.05, 0) is 49.1 Å². The monoisotopic (exact) mass is 277 g/mol. The van der Waals surface area contributed by atoms with Crippen LogP contribution in [0.3, 0.4) is 0 Å². The van der Waals surface area contributed by atoms with E-state index in [-0.39, 0.29) is 5.91 Å². The lowest BCUT2D eigenvalue weighted by atomic mass is 10.1. The molecule has 0 atom stereocenters. The number of nitrogens with one attached hydrogen (secondary N) is 1. The van der Waals surface area contributed by atoms with E-state index in [1.807, 2.05) is 56.3 Å². The Balaban J connectivity index is 1.86. The van der Waals surface area contributed by atoms with Gasteiger partial charge in [0, 0.05) is 18.0 Å². The van der Waals surface area contributed by atoms with Crippen LogP contribution in [0.2, 0.25) is 0 Å². The van der Waals surface area contributed by atoms with Crippen LogP contribution in [0.4, 0.5) is 0 Å². The SMILES string of the molecule is Cc1cc(C)cc(C#CC(=O)NCCc2ccccc2)c1. The van der Waals surface area contributed by atoms with Gasteiger partial charge in [0.25, 0.3) is 5.91 Å². The molecule has 0 radical (unpaired) electrons. The van der Waals surface area contributed by atoms with Crippen molar-refractivity contribution in [1.29, 1.82) is 0 Å². The Labute approximate surface area is 126 Å². The molecule has 1 N–H and O–H groups in total. The van der Waals surface area contributed by atoms with E-state index in [1.165, 1.54) is 5.56 Å². The maximum atomic E-state index is 11.7. The number of hydrogen-bond donors (Lipinski definition) is 1. The Hall–Kier alpha value is -2.53. The van der Waals surface area contributed by atoms with Gasteiger partial charge in [0.05, 0.1) is 0 Å². The zero-order chi connectivity index (χ0) is 15.1. The third kappa shape index (κ3) is 5.16. The normalized spacial score (nSPS) is 9.62. The highest BCUT2D eigenvalue weighted by Gasteiger charge is 1.97. The molecule has 2 aromatic rings. The van der Waals surface area contributed by atoms with Crippen LogP contribution in [0.25, 0.3) is 0 Å². The number of carbonyl (C=O) groups is 1. The molecule has 0 aliphatic carbocycles. The van der Waals surface area contributed by atoms with E-state index in [9.17, 15) is 4.79 Å². The molecule has 21 heavy (non-hydrogen) atoms. The molecule has 0 bridgehead atoms. The van der Waals surface area contributed by atoms with Crippen molar-refractivity contribution in [1.82, 2.24) is 5.32 Å². The first-order valence-corrected chi connectivity index (χ1v) is 7.05. The Morgan fingerprint density at radius 3 is 2.38 bits per heavy atom. The Kier molecular flexibility index (Phi) is 5.17. The molecule has 0 heterocycles. The highest BCUT2D eigenvalue weighted by Crippen LogP contribution is 2.07. The van der Waals surface area contributed by atoms with E-state index in [0.717, 1.165) is 23.1 Å². The minimum absolute atomic E-state index is 0.231. The molecule has 0 fully saturated rings. The molecule has 2 aromatic carbocycles. The number of amides is 1. The summed E-state index contributed by atoms with van der Waals surface area (Å²) >= 11 is 0. The van der Waals surface area contributed by atoms with Crippen molar-refractivity contribution >= 4 is 5.91 Å². The Morgan fingerprint density at radius 1 is 1.05 bits per heavy atom. The van der Waals surface area contributed by atoms with Gasteiger partial charge in [-0.2, -0.15) is 0 Å². The van der Waals surface area contributed by atoms with Crippen LogP contribution in [0.15, 0.2) is 48.5 Å². The number of aryl methyl sites for hydroxylation is 2. The van der Waals surface area contributed by atoms with Crippen LogP contribution in [-0.4, -0.2) is 12.5 Å². The van der Waals surface area contributed by atoms with Crippen molar-refractivity contribution in [3.63, 3.8) is 0 Å². The average Bonchev–Trinajstić information content (AvgIpc) is 2.45. The topological polar surface area (TPSA) is 29.1 Å². The van der Waals surface area contributed by atoms with Crippen LogP contribution >= 0.6 is 0 Å². The van der Waals surface area contributed by atoms with E-state index in [2.05, 4.69) is 23.2 Å². The summed E-state index contributed by atoms with van der Waals surface area (Å²) in [6.07, 6.45) is 0.817. The van der Waals surface area contributed by atoms with Crippen molar-refractivity contribution in [3.05, 3.63) is 70.8 Å². The molecule has 0 saturated heterocycles. The molecule has 106 valence electrons. The zero-order valence-corrected chi connectivity index (χ0v) is 12.4. The molecule has 2 heteroatoms. The van der Waals surface area contributed by atoms with E-state index in [0.29, 0.717) is 6.54 Å². The van der Waals surface area contributed by atoms with Crippen LogP contribution in [0.5, 0.6) is 0 Å². The lowest BCUT2D eigenvalue weighted by molar-refractivity contribution is -0.115. The van der Waals surface area contributed by atoms with Gasteiger partial charge >= 0.3 is 0 Å². The summed E-state index contributed by atoms with van der Waals surface area (Å²) in [5.74, 6) is 5.32. The van der Waals surface area contributed by atoms with Crippen LogP contribution < -0.4 is 5.32 Å². The van der Waals surface area contributed by atoms with Crippen molar-refractivity contribution in [3.8, 4) is 11.8 Å². The second-order valence-electron chi connectivity index (χ2n) is 5.12. The molecule has 0 aliphatic rings. The summed E-state index contributed by atoms with van der Waals surface area (Å²) < 4.78 is 0. The highest BCUT2D eigenvalue weighted by molar-refractivity contribution is 5.94. The average molecular weight is 277 g/mol. The van der Waals surface area contributed by atoms with Gasteiger partial charge < -0.3 is 5.32 Å². The van der Waals surface area contributed by atoms with Gasteiger partial charge in [-0.1, -0.05) is 42.3 Å². The zero-order valence-electron chi connectivity index (χ0n) is 12.4. The van der Waals surface area contributed by atoms with Gasteiger partial charge in [-0.25, -0.2) is 0 Å². The predicted octanol–water partition coefficient (Wildman–Crippen LogP) is 3.01. The fourth-order valence-electron chi connectivity index (χ4n) is 2.19. The minimum Gasteiger partial charge on any atom is -0.345 e. The summed E-state index contributed by atoms with van der Waals surface area (Å²) in [5.41, 5.74) is 4.40. The summed E-state index contributed by atoms with van der Waals surface area (Å²) in [6, 6.07) is 16.1. The fourth-order valence-corrected chi connectivity index (χ4v) is 2.19. The lowest BCUT2D eigenvalue weighted by Crippen LogP contribution is -2.23. The second-order valence-corrected chi connectivity index (χ2v) is 5.12. The summed E-state index contributed by atoms with van der Waals surface area (Å²) in [6.45, 7) is 4.65. The smallest absolute Gasteiger partial charge is 0.296 e.